The first kappa shape index (κ1) is 21.8. The molecule has 7 heteroatoms. The number of nitrogens with one attached hydrogen (secondary N) is 2. The van der Waals surface area contributed by atoms with Crippen LogP contribution in [-0.4, -0.2) is 20.4 Å². The van der Waals surface area contributed by atoms with E-state index < -0.39 is 16.1 Å². The molecule has 2 aromatic carbocycles. The summed E-state index contributed by atoms with van der Waals surface area (Å²) < 4.78 is 28.5. The Bertz CT molecular complexity index is 1060. The molecule has 0 aliphatic heterocycles. The molecule has 6 nitrogen and oxygen atoms in total. The number of carbonyl (C=O) groups excluding carboxylic acids is 1. The molecule has 4 rings (SSSR count). The van der Waals surface area contributed by atoms with E-state index in [1.165, 1.54) is 34.4 Å². The minimum absolute atomic E-state index is 0.102. The van der Waals surface area contributed by atoms with Gasteiger partial charge in [0.2, 0.25) is 15.9 Å². The molecule has 4 N–H and O–H groups in total. The Hall–Kier alpha value is -2.38. The summed E-state index contributed by atoms with van der Waals surface area (Å²) in [6.07, 6.45) is 6.63. The van der Waals surface area contributed by atoms with E-state index in [2.05, 4.69) is 16.1 Å². The molecular weight excluding hydrogens is 410 g/mol. The molecule has 0 heterocycles. The largest absolute Gasteiger partial charge is 0.399 e. The van der Waals surface area contributed by atoms with Gasteiger partial charge < -0.3 is 11.1 Å². The average molecular weight is 442 g/mol. The van der Waals surface area contributed by atoms with Crippen LogP contribution < -0.4 is 15.8 Å². The number of hydrogen-bond donors (Lipinski definition) is 3. The van der Waals surface area contributed by atoms with E-state index in [9.17, 15) is 13.2 Å². The number of carbonyl (C=O) groups is 1. The number of nitrogen functional groups attached to an aromatic ring is 1. The molecule has 2 aliphatic carbocycles. The van der Waals surface area contributed by atoms with Gasteiger partial charge in [-0.05, 0) is 97.4 Å². The van der Waals surface area contributed by atoms with E-state index in [1.807, 2.05) is 13.8 Å². The lowest BCUT2D eigenvalue weighted by Crippen LogP contribution is -2.44. The highest BCUT2D eigenvalue weighted by Gasteiger charge is 2.30. The van der Waals surface area contributed by atoms with Crippen LogP contribution in [-0.2, 0) is 40.5 Å². The van der Waals surface area contributed by atoms with Gasteiger partial charge in [-0.1, -0.05) is 19.9 Å². The van der Waals surface area contributed by atoms with E-state index >= 15 is 0 Å². The number of amides is 1. The molecule has 1 atom stereocenters. The third-order valence-electron chi connectivity index (χ3n) is 6.23. The van der Waals surface area contributed by atoms with Crippen molar-refractivity contribution in [2.75, 3.05) is 11.1 Å². The summed E-state index contributed by atoms with van der Waals surface area (Å²) in [6.45, 7) is 3.96. The third kappa shape index (κ3) is 4.62. The fourth-order valence-electron chi connectivity index (χ4n) is 4.76. The van der Waals surface area contributed by atoms with Gasteiger partial charge in [0.05, 0.1) is 4.90 Å². The van der Waals surface area contributed by atoms with Gasteiger partial charge in [-0.3, -0.25) is 4.79 Å². The first-order chi connectivity index (χ1) is 14.7. The summed E-state index contributed by atoms with van der Waals surface area (Å²) in [6, 6.07) is 7.47. The molecule has 0 spiro atoms. The number of sulfonamides is 1. The first-order valence-corrected chi connectivity index (χ1v) is 12.6. The monoisotopic (exact) mass is 441 g/mol. The van der Waals surface area contributed by atoms with Crippen LogP contribution >= 0.6 is 0 Å². The number of nitrogens with two attached hydrogens (primary N) is 1. The summed E-state index contributed by atoms with van der Waals surface area (Å²) in [5.41, 5.74) is 12.2. The van der Waals surface area contributed by atoms with Crippen molar-refractivity contribution < 1.29 is 13.2 Å². The molecule has 1 unspecified atom stereocenters. The van der Waals surface area contributed by atoms with E-state index in [0.29, 0.717) is 12.1 Å². The maximum Gasteiger partial charge on any atom is 0.242 e. The number of benzene rings is 2. The highest BCUT2D eigenvalue weighted by atomic mass is 32.2. The Morgan fingerprint density at radius 3 is 2.13 bits per heavy atom. The number of anilines is 2. The van der Waals surface area contributed by atoms with Crippen LogP contribution in [0.2, 0.25) is 0 Å². The number of fused-ring (bicyclic) bond motifs is 2. The highest BCUT2D eigenvalue weighted by molar-refractivity contribution is 7.89. The fraction of sp³-hybridized carbons (Fsp3) is 0.458. The van der Waals surface area contributed by atoms with Crippen molar-refractivity contribution in [3.63, 3.8) is 0 Å². The molecule has 1 amide bonds. The zero-order chi connectivity index (χ0) is 22.2. The van der Waals surface area contributed by atoms with Crippen molar-refractivity contribution in [1.29, 1.82) is 0 Å². The normalized spacial score (nSPS) is 16.2. The third-order valence-corrected chi connectivity index (χ3v) is 7.72. The van der Waals surface area contributed by atoms with Crippen molar-refractivity contribution >= 4 is 27.3 Å². The molecule has 31 heavy (non-hydrogen) atoms. The fourth-order valence-corrected chi connectivity index (χ4v) is 5.97. The second-order valence-electron chi connectivity index (χ2n) is 9.10. The lowest BCUT2D eigenvalue weighted by Gasteiger charge is -2.22. The SMILES string of the molecule is CC(C)CC(NS(=O)(=O)c1ccc(N)cc1)C(=O)Nc1c2c(cc3c1CCC3)CCC2. The van der Waals surface area contributed by atoms with Crippen LogP contribution in [0.5, 0.6) is 0 Å². The van der Waals surface area contributed by atoms with Gasteiger partial charge in [0.25, 0.3) is 0 Å². The van der Waals surface area contributed by atoms with Crippen LogP contribution in [0, 0.1) is 5.92 Å². The molecule has 0 aromatic heterocycles. The van der Waals surface area contributed by atoms with Crippen molar-refractivity contribution in [2.45, 2.75) is 69.7 Å². The van der Waals surface area contributed by atoms with Gasteiger partial charge in [-0.25, -0.2) is 8.42 Å². The quantitative estimate of drug-likeness (QED) is 0.572. The van der Waals surface area contributed by atoms with Crippen LogP contribution in [0.1, 0.15) is 55.4 Å². The standard InChI is InChI=1S/C24H31N3O3S/c1-15(2)13-22(27-31(29,30)19-11-9-18(25)10-12-19)24(28)26-23-20-7-3-5-16(20)14-17-6-4-8-21(17)23/h9-12,14-15,22,27H,3-8,13,25H2,1-2H3,(H,26,28). The Balaban J connectivity index is 1.61. The molecular formula is C24H31N3O3S. The average Bonchev–Trinajstić information content (AvgIpc) is 3.36. The molecule has 166 valence electrons. The maximum absolute atomic E-state index is 13.4. The predicted molar refractivity (Wildman–Crippen MR) is 124 cm³/mol. The Labute approximate surface area is 184 Å². The van der Waals surface area contributed by atoms with Crippen molar-refractivity contribution in [1.82, 2.24) is 4.72 Å². The number of hydrogen-bond acceptors (Lipinski definition) is 4. The van der Waals surface area contributed by atoms with Gasteiger partial charge >= 0.3 is 0 Å². The molecule has 2 aliphatic rings. The first-order valence-electron chi connectivity index (χ1n) is 11.1. The molecule has 0 bridgehead atoms. The predicted octanol–water partition coefficient (Wildman–Crippen LogP) is 3.58. The van der Waals surface area contributed by atoms with Gasteiger partial charge in [0.1, 0.15) is 6.04 Å². The number of rotatable bonds is 7. The van der Waals surface area contributed by atoms with E-state index in [1.54, 1.807) is 12.1 Å². The van der Waals surface area contributed by atoms with Crippen molar-refractivity contribution in [2.24, 2.45) is 5.92 Å². The molecule has 0 saturated carbocycles. The Morgan fingerprint density at radius 2 is 1.58 bits per heavy atom. The summed E-state index contributed by atoms with van der Waals surface area (Å²) >= 11 is 0. The second-order valence-corrected chi connectivity index (χ2v) is 10.8. The maximum atomic E-state index is 13.4. The van der Waals surface area contributed by atoms with Gasteiger partial charge in [0, 0.05) is 11.4 Å². The minimum atomic E-state index is -3.85. The van der Waals surface area contributed by atoms with Crippen LogP contribution in [0.4, 0.5) is 11.4 Å². The summed E-state index contributed by atoms with van der Waals surface area (Å²) in [5, 5.41) is 3.15. The van der Waals surface area contributed by atoms with Gasteiger partial charge in [-0.15, -0.1) is 0 Å². The Kier molecular flexibility index (Phi) is 6.08. The van der Waals surface area contributed by atoms with Gasteiger partial charge in [-0.2, -0.15) is 4.72 Å². The van der Waals surface area contributed by atoms with Gasteiger partial charge in [0.15, 0.2) is 0 Å². The van der Waals surface area contributed by atoms with Crippen LogP contribution in [0.15, 0.2) is 35.2 Å². The lowest BCUT2D eigenvalue weighted by atomic mass is 9.98. The van der Waals surface area contributed by atoms with E-state index in [0.717, 1.165) is 44.2 Å². The van der Waals surface area contributed by atoms with Crippen LogP contribution in [0.25, 0.3) is 0 Å². The summed E-state index contributed by atoms with van der Waals surface area (Å²) in [5.74, 6) is -0.140. The zero-order valence-corrected chi connectivity index (χ0v) is 19.0. The zero-order valence-electron chi connectivity index (χ0n) is 18.2. The molecule has 0 saturated heterocycles. The lowest BCUT2D eigenvalue weighted by molar-refractivity contribution is -0.118. The Morgan fingerprint density at radius 1 is 1.00 bits per heavy atom. The van der Waals surface area contributed by atoms with Crippen molar-refractivity contribution in [3.8, 4) is 0 Å². The minimum Gasteiger partial charge on any atom is -0.399 e. The topological polar surface area (TPSA) is 101 Å². The molecule has 0 radical (unpaired) electrons. The molecule has 0 fully saturated rings. The smallest absolute Gasteiger partial charge is 0.242 e. The highest BCUT2D eigenvalue weighted by Crippen LogP contribution is 2.38. The second kappa shape index (κ2) is 8.63. The van der Waals surface area contributed by atoms with Crippen molar-refractivity contribution in [3.05, 3.63) is 52.6 Å². The van der Waals surface area contributed by atoms with E-state index in [-0.39, 0.29) is 16.7 Å². The summed E-state index contributed by atoms with van der Waals surface area (Å²) in [7, 11) is -3.85. The molecule has 2 aromatic rings. The number of aryl methyl sites for hydroxylation is 2. The summed E-state index contributed by atoms with van der Waals surface area (Å²) in [4.78, 5) is 13.5. The van der Waals surface area contributed by atoms with E-state index in [4.69, 9.17) is 5.73 Å². The van der Waals surface area contributed by atoms with Crippen LogP contribution in [0.3, 0.4) is 0 Å².